The van der Waals surface area contributed by atoms with Crippen LogP contribution in [0.4, 0.5) is 17.1 Å². The zero-order chi connectivity index (χ0) is 40.9. The fourth-order valence-corrected chi connectivity index (χ4v) is 9.06. The molecule has 0 saturated heterocycles. The molecule has 10 aromatic carbocycles. The summed E-state index contributed by atoms with van der Waals surface area (Å²) in [5, 5.41) is 8.89. The highest BCUT2D eigenvalue weighted by Crippen LogP contribution is 2.51. The molecule has 56 heavy (non-hydrogen) atoms. The smallest absolute Gasteiger partial charge is 0.0645 e. The molecule has 264 valence electrons. The zero-order valence-electron chi connectivity index (χ0n) is 35.2. The van der Waals surface area contributed by atoms with Gasteiger partial charge in [0, 0.05) is 22.5 Å². The third kappa shape index (κ3) is 5.08. The van der Waals surface area contributed by atoms with Gasteiger partial charge in [-0.2, -0.15) is 0 Å². The second kappa shape index (κ2) is 12.5. The van der Waals surface area contributed by atoms with E-state index < -0.39 is 0 Å². The van der Waals surface area contributed by atoms with Gasteiger partial charge in [0.25, 0.3) is 0 Å². The number of hydrogen-bond acceptors (Lipinski definition) is 1. The van der Waals surface area contributed by atoms with Gasteiger partial charge in [-0.05, 0) is 136 Å². The molecule has 1 aliphatic carbocycles. The van der Waals surface area contributed by atoms with Crippen molar-refractivity contribution >= 4 is 60.2 Å². The SMILES string of the molecule is [2H]c1c([2H])c(N(c2cccc(-c3cc4ccccc4c4ccccc34)c2)c2ccc3c(c2)C(C)(C)c2ccccc2-3)c([2H])c([2H])c1-c1ccc2ccc3ccccc3c2c1. The minimum atomic E-state index is -0.293. The van der Waals surface area contributed by atoms with Crippen molar-refractivity contribution in [2.45, 2.75) is 19.3 Å². The Morgan fingerprint density at radius 2 is 0.982 bits per heavy atom. The molecule has 1 heteroatoms. The summed E-state index contributed by atoms with van der Waals surface area (Å²) in [7, 11) is 0. The van der Waals surface area contributed by atoms with E-state index in [1.54, 1.807) is 0 Å². The van der Waals surface area contributed by atoms with Crippen molar-refractivity contribution in [2.75, 3.05) is 4.90 Å². The van der Waals surface area contributed by atoms with E-state index in [2.05, 4.69) is 147 Å². The summed E-state index contributed by atoms with van der Waals surface area (Å²) in [6, 6.07) is 60.4. The summed E-state index contributed by atoms with van der Waals surface area (Å²) in [5.74, 6) is 0. The molecule has 0 bridgehead atoms. The Kier molecular flexibility index (Phi) is 6.38. The highest BCUT2D eigenvalue weighted by Gasteiger charge is 2.35. The lowest BCUT2D eigenvalue weighted by Crippen LogP contribution is -2.16. The molecular formula is C55H39N. The molecule has 0 heterocycles. The maximum atomic E-state index is 9.77. The van der Waals surface area contributed by atoms with Crippen LogP contribution in [-0.4, -0.2) is 0 Å². The molecule has 0 atom stereocenters. The van der Waals surface area contributed by atoms with Gasteiger partial charge < -0.3 is 4.90 Å². The Bertz CT molecular complexity index is 3390. The van der Waals surface area contributed by atoms with Crippen molar-refractivity contribution < 1.29 is 5.48 Å². The minimum Gasteiger partial charge on any atom is -0.310 e. The van der Waals surface area contributed by atoms with Crippen LogP contribution >= 0.6 is 0 Å². The van der Waals surface area contributed by atoms with Crippen LogP contribution in [0.5, 0.6) is 0 Å². The summed E-state index contributed by atoms with van der Waals surface area (Å²) in [5.41, 5.74) is 9.19. The second-order valence-corrected chi connectivity index (χ2v) is 15.4. The fourth-order valence-electron chi connectivity index (χ4n) is 9.06. The summed E-state index contributed by atoms with van der Waals surface area (Å²) in [6.07, 6.45) is 0. The number of hydrogen-bond donors (Lipinski definition) is 0. The first-order chi connectivity index (χ1) is 29.2. The molecule has 0 saturated carbocycles. The van der Waals surface area contributed by atoms with Crippen molar-refractivity contribution in [3.05, 3.63) is 211 Å². The van der Waals surface area contributed by atoms with Crippen molar-refractivity contribution in [3.8, 4) is 33.4 Å². The Balaban J connectivity index is 1.14. The molecule has 0 radical (unpaired) electrons. The topological polar surface area (TPSA) is 3.24 Å². The predicted molar refractivity (Wildman–Crippen MR) is 240 cm³/mol. The maximum absolute atomic E-state index is 9.77. The van der Waals surface area contributed by atoms with E-state index in [-0.39, 0.29) is 40.8 Å². The normalized spacial score (nSPS) is 14.0. The monoisotopic (exact) mass is 717 g/mol. The highest BCUT2D eigenvalue weighted by molar-refractivity contribution is 6.14. The Labute approximate surface area is 333 Å². The van der Waals surface area contributed by atoms with Gasteiger partial charge in [-0.25, -0.2) is 0 Å². The largest absolute Gasteiger partial charge is 0.310 e. The van der Waals surface area contributed by atoms with Crippen molar-refractivity contribution in [1.29, 1.82) is 0 Å². The number of nitrogens with zero attached hydrogens (tertiary/aromatic N) is 1. The van der Waals surface area contributed by atoms with Gasteiger partial charge in [0.1, 0.15) is 0 Å². The van der Waals surface area contributed by atoms with Gasteiger partial charge in [0.2, 0.25) is 0 Å². The van der Waals surface area contributed by atoms with Crippen molar-refractivity contribution in [2.24, 2.45) is 0 Å². The fraction of sp³-hybridized carbons (Fsp3) is 0.0545. The van der Waals surface area contributed by atoms with Crippen LogP contribution in [0.1, 0.15) is 30.5 Å². The van der Waals surface area contributed by atoms with Gasteiger partial charge in [0.15, 0.2) is 0 Å². The van der Waals surface area contributed by atoms with E-state index in [1.807, 2.05) is 47.4 Å². The number of anilines is 3. The van der Waals surface area contributed by atoms with Crippen LogP contribution in [0.2, 0.25) is 0 Å². The van der Waals surface area contributed by atoms with Crippen molar-refractivity contribution in [1.82, 2.24) is 0 Å². The molecule has 10 aromatic rings. The molecule has 0 aromatic heterocycles. The first-order valence-electron chi connectivity index (χ1n) is 21.3. The standard InChI is InChI=1S/C55H39N/c1-55(2)53-21-10-9-20-49(53)50-31-30-44(35-54(50)55)56(42-28-26-36(27-29-42)39-25-24-38-23-22-37-12-3-5-16-45(37)51(38)33-39)43-15-11-14-40(32-43)52-34-41-13-4-6-17-46(41)47-18-7-8-19-48(47)52/h3-35H,1-2H3/i26D,27D,28D,29D. The van der Waals surface area contributed by atoms with E-state index in [0.717, 1.165) is 65.9 Å². The molecule has 0 unspecified atom stereocenters. The van der Waals surface area contributed by atoms with E-state index in [0.29, 0.717) is 5.56 Å². The lowest BCUT2D eigenvalue weighted by atomic mass is 9.82. The number of rotatable bonds is 5. The lowest BCUT2D eigenvalue weighted by Gasteiger charge is -2.28. The molecule has 11 rings (SSSR count). The van der Waals surface area contributed by atoms with E-state index in [9.17, 15) is 5.48 Å². The van der Waals surface area contributed by atoms with Gasteiger partial charge in [-0.1, -0.05) is 165 Å². The molecule has 0 amide bonds. The van der Waals surface area contributed by atoms with Crippen molar-refractivity contribution in [3.63, 3.8) is 0 Å². The Morgan fingerprint density at radius 3 is 1.80 bits per heavy atom. The molecule has 1 aliphatic rings. The van der Waals surface area contributed by atoms with Crippen LogP contribution in [0.3, 0.4) is 0 Å². The second-order valence-electron chi connectivity index (χ2n) is 15.4. The zero-order valence-corrected chi connectivity index (χ0v) is 31.2. The lowest BCUT2D eigenvalue weighted by molar-refractivity contribution is 0.660. The summed E-state index contributed by atoms with van der Waals surface area (Å²) in [4.78, 5) is 1.94. The third-order valence-corrected chi connectivity index (χ3v) is 11.9. The van der Waals surface area contributed by atoms with E-state index >= 15 is 0 Å². The average Bonchev–Trinajstić information content (AvgIpc) is 3.52. The van der Waals surface area contributed by atoms with Crippen LogP contribution in [-0.2, 0) is 5.41 Å². The van der Waals surface area contributed by atoms with Gasteiger partial charge >= 0.3 is 0 Å². The summed E-state index contributed by atoms with van der Waals surface area (Å²) < 4.78 is 38.7. The van der Waals surface area contributed by atoms with E-state index in [1.165, 1.54) is 21.9 Å². The van der Waals surface area contributed by atoms with Crippen LogP contribution < -0.4 is 4.90 Å². The number of benzene rings is 10. The Morgan fingerprint density at radius 1 is 0.357 bits per heavy atom. The summed E-state index contributed by atoms with van der Waals surface area (Å²) >= 11 is 0. The maximum Gasteiger partial charge on any atom is 0.0645 e. The third-order valence-electron chi connectivity index (χ3n) is 11.9. The highest BCUT2D eigenvalue weighted by atomic mass is 15.1. The first-order valence-corrected chi connectivity index (χ1v) is 19.3. The van der Waals surface area contributed by atoms with Gasteiger partial charge in [-0.15, -0.1) is 0 Å². The quantitative estimate of drug-likeness (QED) is 0.160. The molecule has 0 N–H and O–H groups in total. The minimum absolute atomic E-state index is 0.0823. The van der Waals surface area contributed by atoms with Crippen LogP contribution in [0, 0.1) is 0 Å². The summed E-state index contributed by atoms with van der Waals surface area (Å²) in [6.45, 7) is 4.49. The molecular weight excluding hydrogens is 675 g/mol. The Hall–Kier alpha value is -6.96. The van der Waals surface area contributed by atoms with E-state index in [4.69, 9.17) is 0 Å². The predicted octanol–water partition coefficient (Wildman–Crippen LogP) is 15.4. The average molecular weight is 718 g/mol. The van der Waals surface area contributed by atoms with Crippen LogP contribution in [0.25, 0.3) is 76.5 Å². The van der Waals surface area contributed by atoms with Gasteiger partial charge in [0.05, 0.1) is 5.48 Å². The van der Waals surface area contributed by atoms with Crippen LogP contribution in [0.15, 0.2) is 200 Å². The molecule has 0 fully saturated rings. The molecule has 0 aliphatic heterocycles. The van der Waals surface area contributed by atoms with Gasteiger partial charge in [-0.3, -0.25) is 0 Å². The molecule has 0 spiro atoms. The molecule has 1 nitrogen and oxygen atoms in total. The number of fused-ring (bicyclic) bond motifs is 9. The first kappa shape index (κ1) is 28.5.